The summed E-state index contributed by atoms with van der Waals surface area (Å²) < 4.78 is 58.7. The van der Waals surface area contributed by atoms with E-state index in [1.54, 1.807) is 0 Å². The van der Waals surface area contributed by atoms with E-state index in [0.717, 1.165) is 19.4 Å². The lowest BCUT2D eigenvalue weighted by molar-refractivity contribution is 0.0875. The number of benzene rings is 2. The third-order valence-corrected chi connectivity index (χ3v) is 9.90. The van der Waals surface area contributed by atoms with Crippen molar-refractivity contribution >= 4 is 33.6 Å². The van der Waals surface area contributed by atoms with Gasteiger partial charge in [-0.15, -0.1) is 0 Å². The largest absolute Gasteiger partial charge is 0.508 e. The highest BCUT2D eigenvalue weighted by Gasteiger charge is 2.49. The normalized spacial score (nSPS) is 26.0. The zero-order chi connectivity index (χ0) is 31.0. The number of ether oxygens (including phenoxy) is 2. The minimum absolute atomic E-state index is 0.0502. The second kappa shape index (κ2) is 10.4. The number of phenols is 1. The average Bonchev–Trinajstić information content (AvgIpc) is 3.49. The molecule has 0 saturated carbocycles. The third kappa shape index (κ3) is 4.40. The van der Waals surface area contributed by atoms with Gasteiger partial charge in [0.1, 0.15) is 53.4 Å². The van der Waals surface area contributed by atoms with Crippen LogP contribution in [0.1, 0.15) is 37.7 Å². The van der Waals surface area contributed by atoms with E-state index in [4.69, 9.17) is 14.5 Å². The minimum Gasteiger partial charge on any atom is -0.508 e. The molecule has 0 amide bonds. The summed E-state index contributed by atoms with van der Waals surface area (Å²) in [6, 6.07) is 4.98. The number of pyridine rings is 1. The Morgan fingerprint density at radius 1 is 1.13 bits per heavy atom. The fourth-order valence-electron chi connectivity index (χ4n) is 7.81. The number of alkyl halides is 1. The van der Waals surface area contributed by atoms with Crippen molar-refractivity contribution in [3.05, 3.63) is 48.0 Å². The van der Waals surface area contributed by atoms with Gasteiger partial charge in [0.15, 0.2) is 5.82 Å². The molecule has 9 nitrogen and oxygen atoms in total. The van der Waals surface area contributed by atoms with Gasteiger partial charge in [0.05, 0.1) is 17.7 Å². The molecule has 2 aromatic heterocycles. The lowest BCUT2D eigenvalue weighted by Gasteiger charge is -2.38. The van der Waals surface area contributed by atoms with E-state index in [-0.39, 0.29) is 58.6 Å². The van der Waals surface area contributed by atoms with Crippen LogP contribution in [0, 0.1) is 11.6 Å². The molecule has 0 bridgehead atoms. The molecule has 3 saturated heterocycles. The van der Waals surface area contributed by atoms with Gasteiger partial charge in [-0.25, -0.2) is 18.2 Å². The zero-order valence-corrected chi connectivity index (χ0v) is 24.5. The van der Waals surface area contributed by atoms with E-state index >= 15 is 4.39 Å². The molecule has 12 heteroatoms. The van der Waals surface area contributed by atoms with Crippen LogP contribution < -0.4 is 14.4 Å². The Morgan fingerprint density at radius 2 is 2.00 bits per heavy atom. The van der Waals surface area contributed by atoms with Gasteiger partial charge in [-0.05, 0) is 55.8 Å². The molecule has 4 aliphatic rings. The van der Waals surface area contributed by atoms with Gasteiger partial charge in [0.25, 0.3) is 0 Å². The van der Waals surface area contributed by atoms with E-state index in [2.05, 4.69) is 21.4 Å². The molecule has 6 heterocycles. The smallest absolute Gasteiger partial charge is 0.319 e. The highest BCUT2D eigenvalue weighted by atomic mass is 19.1. The van der Waals surface area contributed by atoms with Gasteiger partial charge >= 0.3 is 6.01 Å². The first kappa shape index (κ1) is 28.3. The van der Waals surface area contributed by atoms with Crippen LogP contribution in [0.3, 0.4) is 0 Å². The molecule has 4 aliphatic heterocycles. The number of aliphatic hydroxyl groups excluding tert-OH is 1. The van der Waals surface area contributed by atoms with Crippen molar-refractivity contribution in [3.63, 3.8) is 0 Å². The quantitative estimate of drug-likeness (QED) is 0.314. The maximum atomic E-state index is 16.9. The number of aromatic nitrogens is 3. The van der Waals surface area contributed by atoms with Gasteiger partial charge in [-0.1, -0.05) is 18.7 Å². The molecule has 4 atom stereocenters. The molecule has 8 rings (SSSR count). The molecule has 2 N–H and O–H groups in total. The minimum atomic E-state index is -0.945. The van der Waals surface area contributed by atoms with Crippen LogP contribution in [0.5, 0.6) is 17.6 Å². The SMILES string of the molecule is C=Cc1c(F)ccc2cc(O)cc(-c3nc4c5c(nc(OC[C@@]67CCCN6C[C@H](F)C7)nc5c3F)N3CCC[C@H](O)[C@@H]3CO4)c12. The highest BCUT2D eigenvalue weighted by Crippen LogP contribution is 2.45. The first-order chi connectivity index (χ1) is 21.8. The second-order valence-electron chi connectivity index (χ2n) is 12.5. The Kier molecular flexibility index (Phi) is 6.58. The van der Waals surface area contributed by atoms with Crippen molar-refractivity contribution in [2.75, 3.05) is 37.7 Å². The number of aliphatic hydroxyl groups is 1. The van der Waals surface area contributed by atoms with Crippen LogP contribution >= 0.6 is 0 Å². The standard InChI is InChI=1S/C33H32F3N5O4/c1-2-20-22(35)7-6-17-11-19(42)12-21(25(17)20)28-27(36)29-26-30(41-10-3-5-24(43)23(41)15-44-31(26)37-28)39-32(38-29)45-16-33-8-4-9-40(33)14-18(34)13-33/h2,6-7,11-12,18,23-24,42-43H,1,3-5,8-10,13-16H2/t18-,23+,24+,33+/m1/s1. The van der Waals surface area contributed by atoms with Crippen LogP contribution in [-0.2, 0) is 0 Å². The molecule has 0 aliphatic carbocycles. The molecular formula is C33H32F3N5O4. The van der Waals surface area contributed by atoms with Crippen LogP contribution in [0.15, 0.2) is 30.8 Å². The van der Waals surface area contributed by atoms with Crippen LogP contribution in [0.2, 0.25) is 0 Å². The number of halogens is 3. The molecule has 3 fully saturated rings. The highest BCUT2D eigenvalue weighted by molar-refractivity contribution is 6.05. The Bertz CT molecular complexity index is 1870. The lowest BCUT2D eigenvalue weighted by Crippen LogP contribution is -2.51. The summed E-state index contributed by atoms with van der Waals surface area (Å²) in [4.78, 5) is 17.9. The van der Waals surface area contributed by atoms with Crippen molar-refractivity contribution in [2.24, 2.45) is 0 Å². The topological polar surface area (TPSA) is 104 Å². The van der Waals surface area contributed by atoms with E-state index in [0.29, 0.717) is 48.9 Å². The van der Waals surface area contributed by atoms with Crippen molar-refractivity contribution in [2.45, 2.75) is 56.0 Å². The number of fused-ring (bicyclic) bond motifs is 4. The zero-order valence-electron chi connectivity index (χ0n) is 24.5. The third-order valence-electron chi connectivity index (χ3n) is 9.90. The summed E-state index contributed by atoms with van der Waals surface area (Å²) in [5.74, 6) is -1.18. The van der Waals surface area contributed by atoms with Crippen molar-refractivity contribution in [3.8, 4) is 28.9 Å². The number of hydrogen-bond donors (Lipinski definition) is 2. The van der Waals surface area contributed by atoms with Crippen molar-refractivity contribution in [1.29, 1.82) is 0 Å². The number of rotatable bonds is 5. The summed E-state index contributed by atoms with van der Waals surface area (Å²) in [6.45, 7) is 5.64. The fourth-order valence-corrected chi connectivity index (χ4v) is 7.81. The Balaban J connectivity index is 1.33. The predicted molar refractivity (Wildman–Crippen MR) is 162 cm³/mol. The van der Waals surface area contributed by atoms with Gasteiger partial charge in [0, 0.05) is 36.0 Å². The molecule has 4 aromatic rings. The van der Waals surface area contributed by atoms with E-state index in [1.165, 1.54) is 30.3 Å². The maximum absolute atomic E-state index is 16.9. The molecule has 0 unspecified atom stereocenters. The van der Waals surface area contributed by atoms with Crippen LogP contribution in [0.4, 0.5) is 19.0 Å². The van der Waals surface area contributed by atoms with Crippen molar-refractivity contribution < 1.29 is 32.9 Å². The van der Waals surface area contributed by atoms with Crippen LogP contribution in [-0.4, -0.2) is 86.8 Å². The maximum Gasteiger partial charge on any atom is 0.319 e. The summed E-state index contributed by atoms with van der Waals surface area (Å²) in [5, 5.41) is 22.5. The summed E-state index contributed by atoms with van der Waals surface area (Å²) in [6.07, 6.45) is 2.99. The lowest BCUT2D eigenvalue weighted by atomic mass is 9.95. The molecule has 0 spiro atoms. The van der Waals surface area contributed by atoms with Gasteiger partial charge in [-0.2, -0.15) is 9.97 Å². The van der Waals surface area contributed by atoms with E-state index in [9.17, 15) is 19.0 Å². The van der Waals surface area contributed by atoms with E-state index < -0.39 is 35.5 Å². The van der Waals surface area contributed by atoms with E-state index in [1.807, 2.05) is 4.90 Å². The molecule has 2 aromatic carbocycles. The Morgan fingerprint density at radius 3 is 2.84 bits per heavy atom. The number of hydrogen-bond acceptors (Lipinski definition) is 9. The molecule has 45 heavy (non-hydrogen) atoms. The van der Waals surface area contributed by atoms with Gasteiger partial charge in [0.2, 0.25) is 5.88 Å². The number of aromatic hydroxyl groups is 1. The van der Waals surface area contributed by atoms with Gasteiger partial charge < -0.3 is 24.6 Å². The molecule has 0 radical (unpaired) electrons. The first-order valence-electron chi connectivity index (χ1n) is 15.3. The predicted octanol–water partition coefficient (Wildman–Crippen LogP) is 5.15. The second-order valence-corrected chi connectivity index (χ2v) is 12.5. The monoisotopic (exact) mass is 619 g/mol. The van der Waals surface area contributed by atoms with Gasteiger partial charge in [-0.3, -0.25) is 4.90 Å². The average molecular weight is 620 g/mol. The van der Waals surface area contributed by atoms with Crippen LogP contribution in [0.25, 0.3) is 39.0 Å². The van der Waals surface area contributed by atoms with Crippen molar-refractivity contribution in [1.82, 2.24) is 19.9 Å². The first-order valence-corrected chi connectivity index (χ1v) is 15.3. The molecular weight excluding hydrogens is 587 g/mol. The number of anilines is 1. The Hall–Kier alpha value is -4.16. The number of nitrogens with zero attached hydrogens (tertiary/aromatic N) is 5. The summed E-state index contributed by atoms with van der Waals surface area (Å²) in [7, 11) is 0. The summed E-state index contributed by atoms with van der Waals surface area (Å²) >= 11 is 0. The number of piperidine rings is 1. The number of phenolic OH excluding ortho intramolecular Hbond substituents is 1. The Labute approximate surface area is 256 Å². The summed E-state index contributed by atoms with van der Waals surface area (Å²) in [5.41, 5.74) is -0.550. The fraction of sp³-hybridized carbons (Fsp3) is 0.424. The molecule has 234 valence electrons.